The van der Waals surface area contributed by atoms with E-state index < -0.39 is 40.2 Å². The van der Waals surface area contributed by atoms with Crippen molar-refractivity contribution in [3.05, 3.63) is 150 Å². The molecule has 2 aliphatic carbocycles. The maximum atomic E-state index is 15.4. The Morgan fingerprint density at radius 2 is 1.27 bits per heavy atom. The molecule has 2 aromatic carbocycles. The molecule has 0 saturated heterocycles. The van der Waals surface area contributed by atoms with Gasteiger partial charge in [-0.2, -0.15) is 14.9 Å². The largest absolute Gasteiger partial charge is 0.270 e. The molecule has 0 bridgehead atoms. The highest BCUT2D eigenvalue weighted by Gasteiger charge is 2.38. The summed E-state index contributed by atoms with van der Waals surface area (Å²) in [7, 11) is 0. The Kier molecular flexibility index (Phi) is 6.98. The van der Waals surface area contributed by atoms with E-state index in [-0.39, 0.29) is 66.9 Å². The fourth-order valence-corrected chi connectivity index (χ4v) is 5.27. The topological polar surface area (TPSA) is 125 Å². The Balaban J connectivity index is 1.97. The average molecular weight is 585 g/mol. The van der Waals surface area contributed by atoms with Gasteiger partial charge in [-0.15, -0.1) is 0 Å². The molecule has 0 unspecified atom stereocenters. The Bertz CT molecular complexity index is 2410. The SMILES string of the molecule is [C-]#[N+]C1=C(c2cc(F)c([N+]#[C-])cc2F)/C(=C(/C#N)[N+]#[C-])c2cc3c(cc21)/C(=C(/C#N)[N+]#[C-])C(c1cc(F)ncc1C#N)=C3C#N. The standard InChI is InChI=1S/C33H6F3N9/c1-41-25-9-23(34)21(7-24(25)35)32-31(27(13-40)43-3)19-5-17-18(6-20(19)33(32)44-4)30(26(12-39)42-2)29(22(17)11-38)16-8-28(36)45-14-15(16)10-37/h5-9,14H/b30-26+,31-27-. The Morgan fingerprint density at radius 3 is 1.82 bits per heavy atom. The molecule has 1 aromatic heterocycles. The van der Waals surface area contributed by atoms with Crippen LogP contribution in [0.4, 0.5) is 18.9 Å². The molecule has 0 atom stereocenters. The van der Waals surface area contributed by atoms with E-state index in [2.05, 4.69) is 24.4 Å². The van der Waals surface area contributed by atoms with Gasteiger partial charge in [0, 0.05) is 29.0 Å². The van der Waals surface area contributed by atoms with Crippen LogP contribution in [0.3, 0.4) is 0 Å². The monoisotopic (exact) mass is 585 g/mol. The molecule has 3 aromatic rings. The first-order valence-electron chi connectivity index (χ1n) is 12.2. The van der Waals surface area contributed by atoms with Crippen molar-refractivity contribution in [3.63, 3.8) is 0 Å². The number of pyridine rings is 1. The van der Waals surface area contributed by atoms with Crippen LogP contribution in [0.1, 0.15) is 38.9 Å². The number of hydrogen-bond donors (Lipinski definition) is 0. The number of rotatable bonds is 2. The van der Waals surface area contributed by atoms with E-state index in [1.807, 2.05) is 12.1 Å². The van der Waals surface area contributed by atoms with Crippen molar-refractivity contribution in [3.8, 4) is 24.3 Å². The third kappa shape index (κ3) is 4.15. The van der Waals surface area contributed by atoms with Crippen molar-refractivity contribution >= 4 is 39.2 Å². The second-order valence-corrected chi connectivity index (χ2v) is 9.09. The van der Waals surface area contributed by atoms with Gasteiger partial charge >= 0.3 is 0 Å². The van der Waals surface area contributed by atoms with Crippen LogP contribution in [0, 0.1) is 89.2 Å². The lowest BCUT2D eigenvalue weighted by atomic mass is 9.91. The van der Waals surface area contributed by atoms with Crippen molar-refractivity contribution < 1.29 is 13.2 Å². The van der Waals surface area contributed by atoms with Gasteiger partial charge in [0.25, 0.3) is 11.4 Å². The first kappa shape index (κ1) is 28.8. The lowest BCUT2D eigenvalue weighted by molar-refractivity contribution is 0.583. The van der Waals surface area contributed by atoms with Crippen molar-refractivity contribution in [1.82, 2.24) is 4.98 Å². The summed E-state index contributed by atoms with van der Waals surface area (Å²) >= 11 is 0. The summed E-state index contributed by atoms with van der Waals surface area (Å²) in [5, 5.41) is 39.7. The summed E-state index contributed by atoms with van der Waals surface area (Å²) in [5.74, 6) is -3.24. The van der Waals surface area contributed by atoms with Gasteiger partial charge in [-0.1, -0.05) is 6.07 Å². The van der Waals surface area contributed by atoms with E-state index in [0.29, 0.717) is 12.1 Å². The van der Waals surface area contributed by atoms with Crippen molar-refractivity contribution in [2.75, 3.05) is 0 Å². The summed E-state index contributed by atoms with van der Waals surface area (Å²) in [6, 6.07) is 12.0. The number of aromatic nitrogens is 1. The van der Waals surface area contributed by atoms with E-state index in [9.17, 15) is 29.8 Å². The highest BCUT2D eigenvalue weighted by atomic mass is 19.1. The van der Waals surface area contributed by atoms with E-state index in [1.165, 1.54) is 12.1 Å². The first-order chi connectivity index (χ1) is 21.7. The minimum atomic E-state index is -1.12. The molecule has 0 amide bonds. The maximum absolute atomic E-state index is 15.4. The van der Waals surface area contributed by atoms with Gasteiger partial charge in [-0.25, -0.2) is 43.7 Å². The van der Waals surface area contributed by atoms with Gasteiger partial charge in [0.2, 0.25) is 17.3 Å². The zero-order chi connectivity index (χ0) is 32.6. The highest BCUT2D eigenvalue weighted by Crippen LogP contribution is 2.55. The van der Waals surface area contributed by atoms with Crippen LogP contribution in [0.15, 0.2) is 47.9 Å². The molecule has 9 nitrogen and oxygen atoms in total. The Morgan fingerprint density at radius 1 is 0.644 bits per heavy atom. The van der Waals surface area contributed by atoms with Gasteiger partial charge in [-0.3, -0.25) is 0 Å². The zero-order valence-electron chi connectivity index (χ0n) is 22.1. The number of allylic oxidation sites excluding steroid dienone is 7. The summed E-state index contributed by atoms with van der Waals surface area (Å²) in [6.45, 7) is 30.2. The maximum Gasteiger partial charge on any atom is 0.270 e. The fourth-order valence-electron chi connectivity index (χ4n) is 5.27. The van der Waals surface area contributed by atoms with Gasteiger partial charge in [0.1, 0.15) is 23.8 Å². The molecular formula is C33H6F3N9. The Hall–Kier alpha value is -7.74. The molecule has 0 N–H and O–H groups in total. The molecule has 45 heavy (non-hydrogen) atoms. The zero-order valence-corrected chi connectivity index (χ0v) is 22.1. The van der Waals surface area contributed by atoms with E-state index in [4.69, 9.17) is 26.3 Å². The first-order valence-corrected chi connectivity index (χ1v) is 12.2. The van der Waals surface area contributed by atoms with E-state index in [1.54, 1.807) is 12.1 Å². The molecule has 0 fully saturated rings. The number of hydrogen-bond acceptors (Lipinski definition) is 5. The van der Waals surface area contributed by atoms with Gasteiger partial charge in [0.05, 0.1) is 49.6 Å². The van der Waals surface area contributed by atoms with Crippen molar-refractivity contribution in [2.24, 2.45) is 0 Å². The van der Waals surface area contributed by atoms with Crippen molar-refractivity contribution in [2.45, 2.75) is 0 Å². The predicted octanol–water partition coefficient (Wildman–Crippen LogP) is 7.48. The van der Waals surface area contributed by atoms with Crippen LogP contribution < -0.4 is 0 Å². The molecule has 0 radical (unpaired) electrons. The smallest absolute Gasteiger partial charge is 0.237 e. The second-order valence-electron chi connectivity index (χ2n) is 9.09. The van der Waals surface area contributed by atoms with Gasteiger partial charge < -0.3 is 0 Å². The van der Waals surface area contributed by atoms with Crippen LogP contribution in [0.2, 0.25) is 0 Å². The van der Waals surface area contributed by atoms with Crippen LogP contribution >= 0.6 is 0 Å². The van der Waals surface area contributed by atoms with Crippen LogP contribution in [0.25, 0.3) is 52.9 Å². The predicted molar refractivity (Wildman–Crippen MR) is 152 cm³/mol. The molecule has 204 valence electrons. The number of halogens is 3. The van der Waals surface area contributed by atoms with Gasteiger partial charge in [-0.05, 0) is 57.2 Å². The fraction of sp³-hybridized carbons (Fsp3) is 0. The van der Waals surface area contributed by atoms with E-state index >= 15 is 4.39 Å². The number of nitriles is 4. The number of nitrogens with zero attached hydrogens (tertiary/aromatic N) is 9. The molecule has 1 heterocycles. The Labute approximate surface area is 252 Å². The molecule has 0 saturated carbocycles. The summed E-state index contributed by atoms with van der Waals surface area (Å²) < 4.78 is 44.5. The minimum absolute atomic E-state index is 0.000982. The second kappa shape index (κ2) is 10.9. The third-order valence-corrected chi connectivity index (χ3v) is 7.03. The lowest BCUT2D eigenvalue weighted by Gasteiger charge is -2.12. The highest BCUT2D eigenvalue weighted by molar-refractivity contribution is 6.29. The summed E-state index contributed by atoms with van der Waals surface area (Å²) in [5.41, 5.74) is -3.89. The molecule has 5 rings (SSSR count). The molecule has 2 aliphatic rings. The number of benzene rings is 2. The summed E-state index contributed by atoms with van der Waals surface area (Å²) in [4.78, 5) is 16.4. The van der Waals surface area contributed by atoms with Gasteiger partial charge in [0.15, 0.2) is 0 Å². The van der Waals surface area contributed by atoms with Crippen LogP contribution in [0.5, 0.6) is 0 Å². The molecule has 0 spiro atoms. The molecule has 0 aliphatic heterocycles. The van der Waals surface area contributed by atoms with Crippen LogP contribution in [-0.2, 0) is 0 Å². The minimum Gasteiger partial charge on any atom is -0.237 e. The quantitative estimate of drug-likeness (QED) is 0.175. The average Bonchev–Trinajstić information content (AvgIpc) is 3.53. The van der Waals surface area contributed by atoms with Crippen LogP contribution in [-0.4, -0.2) is 4.98 Å². The molecular weight excluding hydrogens is 579 g/mol. The number of fused-ring (bicyclic) bond motifs is 2. The van der Waals surface area contributed by atoms with E-state index in [0.717, 1.165) is 12.3 Å². The lowest BCUT2D eigenvalue weighted by Crippen LogP contribution is -1.97. The normalized spacial score (nSPS) is 14.7. The third-order valence-electron chi connectivity index (χ3n) is 7.03. The molecule has 12 heteroatoms. The summed E-state index contributed by atoms with van der Waals surface area (Å²) in [6.07, 6.45) is 0.923. The van der Waals surface area contributed by atoms with Crippen molar-refractivity contribution in [1.29, 1.82) is 21.0 Å².